The topological polar surface area (TPSA) is 38.9 Å². The molecule has 0 aliphatic heterocycles. The first-order valence-electron chi connectivity index (χ1n) is 5.04. The molecule has 1 heterocycles. The number of thiazole rings is 1. The van der Waals surface area contributed by atoms with Crippen molar-refractivity contribution in [3.8, 4) is 0 Å². The number of nitrogens with zero attached hydrogens (tertiary/aromatic N) is 1. The van der Waals surface area contributed by atoms with Gasteiger partial charge in [-0.1, -0.05) is 6.92 Å². The molecule has 0 saturated heterocycles. The van der Waals surface area contributed by atoms with Crippen LogP contribution in [0.3, 0.4) is 0 Å². The smallest absolute Gasteiger partial charge is 0.103 e. The molecule has 1 atom stereocenters. The molecular weight excluding hydrogens is 244 g/mol. The van der Waals surface area contributed by atoms with Gasteiger partial charge in [0.25, 0.3) is 0 Å². The SMILES string of the molecule is CCSCc1nc(C(N)CCSC)cs1. The van der Waals surface area contributed by atoms with E-state index in [4.69, 9.17) is 5.73 Å². The van der Waals surface area contributed by atoms with Gasteiger partial charge < -0.3 is 5.73 Å². The monoisotopic (exact) mass is 262 g/mol. The Labute approximate surface area is 104 Å². The standard InChI is InChI=1S/C10H18N2S3/c1-3-14-7-10-12-9(6-15-10)8(11)4-5-13-2/h6,8H,3-5,7,11H2,1-2H3. The van der Waals surface area contributed by atoms with Gasteiger partial charge in [-0.25, -0.2) is 4.98 Å². The molecule has 0 saturated carbocycles. The molecule has 0 amide bonds. The molecule has 2 N–H and O–H groups in total. The highest BCUT2D eigenvalue weighted by atomic mass is 32.2. The van der Waals surface area contributed by atoms with Gasteiger partial charge >= 0.3 is 0 Å². The van der Waals surface area contributed by atoms with Crippen LogP contribution in [-0.4, -0.2) is 22.7 Å². The Kier molecular flexibility index (Phi) is 6.72. The lowest BCUT2D eigenvalue weighted by Gasteiger charge is -2.06. The molecule has 0 spiro atoms. The third-order valence-electron chi connectivity index (χ3n) is 2.01. The van der Waals surface area contributed by atoms with Crippen LogP contribution in [0.25, 0.3) is 0 Å². The van der Waals surface area contributed by atoms with E-state index in [0.717, 1.165) is 29.4 Å². The van der Waals surface area contributed by atoms with Gasteiger partial charge in [-0.3, -0.25) is 0 Å². The number of rotatable bonds is 7. The lowest BCUT2D eigenvalue weighted by atomic mass is 10.2. The van der Waals surface area contributed by atoms with Crippen LogP contribution >= 0.6 is 34.9 Å². The summed E-state index contributed by atoms with van der Waals surface area (Å²) in [5, 5.41) is 3.31. The van der Waals surface area contributed by atoms with E-state index < -0.39 is 0 Å². The van der Waals surface area contributed by atoms with E-state index >= 15 is 0 Å². The maximum Gasteiger partial charge on any atom is 0.103 e. The summed E-state index contributed by atoms with van der Waals surface area (Å²) in [5.41, 5.74) is 7.12. The van der Waals surface area contributed by atoms with Crippen molar-refractivity contribution < 1.29 is 0 Å². The average molecular weight is 262 g/mol. The highest BCUT2D eigenvalue weighted by molar-refractivity contribution is 7.98. The maximum absolute atomic E-state index is 6.05. The second-order valence-electron chi connectivity index (χ2n) is 3.19. The second-order valence-corrected chi connectivity index (χ2v) is 6.39. The van der Waals surface area contributed by atoms with Crippen molar-refractivity contribution in [2.24, 2.45) is 5.73 Å². The molecule has 86 valence electrons. The molecule has 5 heteroatoms. The van der Waals surface area contributed by atoms with Crippen molar-refractivity contribution >= 4 is 34.9 Å². The fourth-order valence-electron chi connectivity index (χ4n) is 1.14. The summed E-state index contributed by atoms with van der Waals surface area (Å²) in [7, 11) is 0. The number of thioether (sulfide) groups is 2. The molecule has 0 aliphatic carbocycles. The summed E-state index contributed by atoms with van der Waals surface area (Å²) >= 11 is 5.48. The number of hydrogen-bond donors (Lipinski definition) is 1. The molecule has 0 radical (unpaired) electrons. The average Bonchev–Trinajstić information content (AvgIpc) is 2.71. The Morgan fingerprint density at radius 3 is 3.07 bits per heavy atom. The highest BCUT2D eigenvalue weighted by Crippen LogP contribution is 2.21. The maximum atomic E-state index is 6.05. The van der Waals surface area contributed by atoms with Crippen LogP contribution in [0.1, 0.15) is 30.1 Å². The van der Waals surface area contributed by atoms with Crippen LogP contribution in [0.2, 0.25) is 0 Å². The second kappa shape index (κ2) is 7.54. The van der Waals surface area contributed by atoms with Crippen LogP contribution in [0, 0.1) is 0 Å². The summed E-state index contributed by atoms with van der Waals surface area (Å²) in [6.45, 7) is 2.17. The third-order valence-corrected chi connectivity index (χ3v) is 4.59. The van der Waals surface area contributed by atoms with Gasteiger partial charge in [-0.05, 0) is 24.2 Å². The predicted octanol–water partition coefficient (Wildman–Crippen LogP) is 3.15. The van der Waals surface area contributed by atoms with Crippen LogP contribution < -0.4 is 5.73 Å². The minimum atomic E-state index is 0.120. The van der Waals surface area contributed by atoms with Crippen molar-refractivity contribution in [3.63, 3.8) is 0 Å². The van der Waals surface area contributed by atoms with Crippen LogP contribution in [0.4, 0.5) is 0 Å². The summed E-state index contributed by atoms with van der Waals surface area (Å²) in [4.78, 5) is 4.56. The molecule has 1 rings (SSSR count). The van der Waals surface area contributed by atoms with E-state index in [1.54, 1.807) is 11.3 Å². The van der Waals surface area contributed by atoms with E-state index in [1.165, 1.54) is 5.01 Å². The van der Waals surface area contributed by atoms with E-state index in [1.807, 2.05) is 23.5 Å². The molecule has 0 bridgehead atoms. The Morgan fingerprint density at radius 1 is 1.60 bits per heavy atom. The summed E-state index contributed by atoms with van der Waals surface area (Å²) in [6.07, 6.45) is 3.13. The first-order chi connectivity index (χ1) is 7.27. The first-order valence-corrected chi connectivity index (χ1v) is 8.47. The number of nitrogens with two attached hydrogens (primary N) is 1. The minimum Gasteiger partial charge on any atom is -0.323 e. The number of hydrogen-bond acceptors (Lipinski definition) is 5. The van der Waals surface area contributed by atoms with Crippen molar-refractivity contribution in [1.82, 2.24) is 4.98 Å². The normalized spacial score (nSPS) is 13.0. The zero-order chi connectivity index (χ0) is 11.1. The van der Waals surface area contributed by atoms with Gasteiger partial charge in [0.05, 0.1) is 5.69 Å². The summed E-state index contributed by atoms with van der Waals surface area (Å²) in [6, 6.07) is 0.120. The van der Waals surface area contributed by atoms with E-state index in [-0.39, 0.29) is 6.04 Å². The molecule has 1 unspecified atom stereocenters. The zero-order valence-corrected chi connectivity index (χ0v) is 11.7. The van der Waals surface area contributed by atoms with Crippen LogP contribution in [-0.2, 0) is 5.75 Å². The molecule has 0 fully saturated rings. The Bertz CT molecular complexity index is 275. The molecule has 2 nitrogen and oxygen atoms in total. The molecule has 1 aromatic rings. The fraction of sp³-hybridized carbons (Fsp3) is 0.700. The Hall–Kier alpha value is 0.290. The summed E-state index contributed by atoms with van der Waals surface area (Å²) < 4.78 is 0. The van der Waals surface area contributed by atoms with Crippen molar-refractivity contribution in [2.45, 2.75) is 25.1 Å². The van der Waals surface area contributed by atoms with E-state index in [0.29, 0.717) is 0 Å². The Balaban J connectivity index is 2.43. The first kappa shape index (κ1) is 13.4. The van der Waals surface area contributed by atoms with Gasteiger partial charge in [0, 0.05) is 17.2 Å². The van der Waals surface area contributed by atoms with E-state index in [2.05, 4.69) is 23.5 Å². The lowest BCUT2D eigenvalue weighted by Crippen LogP contribution is -2.11. The molecule has 0 aromatic carbocycles. The zero-order valence-electron chi connectivity index (χ0n) is 9.23. The van der Waals surface area contributed by atoms with Crippen molar-refractivity contribution in [1.29, 1.82) is 0 Å². The van der Waals surface area contributed by atoms with Crippen molar-refractivity contribution in [3.05, 3.63) is 16.1 Å². The van der Waals surface area contributed by atoms with Gasteiger partial charge in [0.1, 0.15) is 5.01 Å². The molecule has 1 aromatic heterocycles. The van der Waals surface area contributed by atoms with Crippen LogP contribution in [0.15, 0.2) is 5.38 Å². The quantitative estimate of drug-likeness (QED) is 0.819. The minimum absolute atomic E-state index is 0.120. The van der Waals surface area contributed by atoms with E-state index in [9.17, 15) is 0 Å². The van der Waals surface area contributed by atoms with Crippen molar-refractivity contribution in [2.75, 3.05) is 17.8 Å². The number of aromatic nitrogens is 1. The largest absolute Gasteiger partial charge is 0.323 e. The van der Waals surface area contributed by atoms with Gasteiger partial charge in [0.15, 0.2) is 0 Å². The van der Waals surface area contributed by atoms with Gasteiger partial charge in [-0.15, -0.1) is 11.3 Å². The summed E-state index contributed by atoms with van der Waals surface area (Å²) in [5.74, 6) is 3.28. The molecular formula is C10H18N2S3. The lowest BCUT2D eigenvalue weighted by molar-refractivity contribution is 0.685. The Morgan fingerprint density at radius 2 is 2.40 bits per heavy atom. The van der Waals surface area contributed by atoms with Gasteiger partial charge in [-0.2, -0.15) is 23.5 Å². The third kappa shape index (κ3) is 4.76. The molecule has 0 aliphatic rings. The highest BCUT2D eigenvalue weighted by Gasteiger charge is 2.09. The fourth-order valence-corrected chi connectivity index (χ4v) is 3.24. The van der Waals surface area contributed by atoms with Gasteiger partial charge in [0.2, 0.25) is 0 Å². The predicted molar refractivity (Wildman–Crippen MR) is 73.9 cm³/mol. The molecule has 15 heavy (non-hydrogen) atoms. The van der Waals surface area contributed by atoms with Crippen LogP contribution in [0.5, 0.6) is 0 Å².